The van der Waals surface area contributed by atoms with Gasteiger partial charge in [0, 0.05) is 25.2 Å². The van der Waals surface area contributed by atoms with Gasteiger partial charge in [-0.1, -0.05) is 6.07 Å². The van der Waals surface area contributed by atoms with Crippen molar-refractivity contribution in [2.45, 2.75) is 18.4 Å². The first kappa shape index (κ1) is 14.5. The molecule has 0 fully saturated rings. The average molecular weight is 298 g/mol. The molecule has 1 aromatic carbocycles. The van der Waals surface area contributed by atoms with E-state index < -0.39 is 15.8 Å². The molecule has 108 valence electrons. The van der Waals surface area contributed by atoms with Crippen LogP contribution in [0, 0.1) is 12.7 Å². The van der Waals surface area contributed by atoms with E-state index in [1.165, 1.54) is 22.9 Å². The lowest BCUT2D eigenvalue weighted by Crippen LogP contribution is -2.18. The van der Waals surface area contributed by atoms with Gasteiger partial charge in [-0.2, -0.15) is 5.10 Å². The fraction of sp³-hybridized carbons (Fsp3) is 0.250. The van der Waals surface area contributed by atoms with Crippen LogP contribution in [0.15, 0.2) is 29.2 Å². The number of rotatable bonds is 4. The second-order valence-electron chi connectivity index (χ2n) is 4.32. The molecule has 2 rings (SSSR count). The maximum absolute atomic E-state index is 13.6. The van der Waals surface area contributed by atoms with E-state index in [1.54, 1.807) is 20.0 Å². The molecule has 3 N–H and O–H groups in total. The summed E-state index contributed by atoms with van der Waals surface area (Å²) < 4.78 is 42.0. The predicted molar refractivity (Wildman–Crippen MR) is 73.0 cm³/mol. The van der Waals surface area contributed by atoms with Gasteiger partial charge in [-0.15, -0.1) is 0 Å². The van der Waals surface area contributed by atoms with E-state index >= 15 is 0 Å². The van der Waals surface area contributed by atoms with Gasteiger partial charge >= 0.3 is 0 Å². The van der Waals surface area contributed by atoms with E-state index in [9.17, 15) is 12.8 Å². The van der Waals surface area contributed by atoms with Crippen LogP contribution >= 0.6 is 0 Å². The lowest BCUT2D eigenvalue weighted by molar-refractivity contribution is 0.585. The maximum Gasteiger partial charge on any atom is 0.263 e. The highest BCUT2D eigenvalue weighted by molar-refractivity contribution is 7.92. The van der Waals surface area contributed by atoms with Gasteiger partial charge in [0.2, 0.25) is 0 Å². The van der Waals surface area contributed by atoms with Crippen molar-refractivity contribution >= 4 is 15.8 Å². The molecule has 20 heavy (non-hydrogen) atoms. The van der Waals surface area contributed by atoms with Crippen LogP contribution in [-0.4, -0.2) is 18.2 Å². The summed E-state index contributed by atoms with van der Waals surface area (Å²) in [5, 5.41) is 4.04. The van der Waals surface area contributed by atoms with E-state index in [1.807, 2.05) is 0 Å². The number of aromatic nitrogens is 2. The van der Waals surface area contributed by atoms with Gasteiger partial charge in [0.25, 0.3) is 10.0 Å². The Kier molecular flexibility index (Phi) is 3.78. The van der Waals surface area contributed by atoms with Crippen LogP contribution in [0.3, 0.4) is 0 Å². The Morgan fingerprint density at radius 3 is 2.70 bits per heavy atom. The van der Waals surface area contributed by atoms with Crippen molar-refractivity contribution < 1.29 is 12.8 Å². The first-order valence-corrected chi connectivity index (χ1v) is 7.34. The Balaban J connectivity index is 2.46. The van der Waals surface area contributed by atoms with E-state index in [-0.39, 0.29) is 17.0 Å². The van der Waals surface area contributed by atoms with Crippen molar-refractivity contribution in [3.63, 3.8) is 0 Å². The maximum atomic E-state index is 13.6. The highest BCUT2D eigenvalue weighted by Gasteiger charge is 2.21. The summed E-state index contributed by atoms with van der Waals surface area (Å²) in [7, 11) is -2.31. The number of halogens is 1. The Labute approximate surface area is 116 Å². The average Bonchev–Trinajstić information content (AvgIpc) is 2.66. The highest BCUT2D eigenvalue weighted by Crippen LogP contribution is 2.21. The number of nitrogens with one attached hydrogen (secondary N) is 1. The zero-order valence-corrected chi connectivity index (χ0v) is 11.9. The van der Waals surface area contributed by atoms with E-state index in [0.29, 0.717) is 11.5 Å². The summed E-state index contributed by atoms with van der Waals surface area (Å²) in [4.78, 5) is -0.168. The number of anilines is 1. The van der Waals surface area contributed by atoms with Crippen LogP contribution in [0.2, 0.25) is 0 Å². The largest absolute Gasteiger partial charge is 0.326 e. The van der Waals surface area contributed by atoms with Crippen molar-refractivity contribution in [1.82, 2.24) is 9.78 Å². The van der Waals surface area contributed by atoms with E-state index in [2.05, 4.69) is 9.82 Å². The second-order valence-corrected chi connectivity index (χ2v) is 5.97. The van der Waals surface area contributed by atoms with Gasteiger partial charge < -0.3 is 5.73 Å². The molecular formula is C12H15FN4O2S. The predicted octanol–water partition coefficient (Wildman–Crippen LogP) is 1.13. The second kappa shape index (κ2) is 5.22. The van der Waals surface area contributed by atoms with Crippen LogP contribution in [-0.2, 0) is 23.6 Å². The quantitative estimate of drug-likeness (QED) is 0.885. The van der Waals surface area contributed by atoms with Gasteiger partial charge in [-0.05, 0) is 19.1 Å². The molecule has 0 aliphatic carbocycles. The Morgan fingerprint density at radius 2 is 2.15 bits per heavy atom. The van der Waals surface area contributed by atoms with E-state index in [0.717, 1.165) is 0 Å². The fourth-order valence-corrected chi connectivity index (χ4v) is 3.23. The van der Waals surface area contributed by atoms with Crippen molar-refractivity contribution in [2.75, 3.05) is 4.72 Å². The molecule has 0 saturated heterocycles. The molecule has 0 aliphatic rings. The Bertz CT molecular complexity index is 740. The van der Waals surface area contributed by atoms with Crippen LogP contribution < -0.4 is 10.5 Å². The molecule has 0 saturated carbocycles. The van der Waals surface area contributed by atoms with Crippen LogP contribution in [0.1, 0.15) is 11.3 Å². The number of hydrogen-bond acceptors (Lipinski definition) is 4. The van der Waals surface area contributed by atoms with Crippen molar-refractivity contribution in [1.29, 1.82) is 0 Å². The zero-order chi connectivity index (χ0) is 14.9. The molecular weight excluding hydrogens is 283 g/mol. The highest BCUT2D eigenvalue weighted by atomic mass is 32.2. The minimum Gasteiger partial charge on any atom is -0.326 e. The number of hydrogen-bond donors (Lipinski definition) is 2. The molecule has 0 spiro atoms. The molecule has 0 radical (unpaired) electrons. The van der Waals surface area contributed by atoms with Gasteiger partial charge in [-0.3, -0.25) is 9.40 Å². The SMILES string of the molecule is Cc1cc(NS(=O)(=O)c2cccc(F)c2CN)n(C)n1. The molecule has 8 heteroatoms. The molecule has 2 aromatic rings. The van der Waals surface area contributed by atoms with Crippen molar-refractivity contribution in [2.24, 2.45) is 12.8 Å². The number of benzene rings is 1. The number of sulfonamides is 1. The smallest absolute Gasteiger partial charge is 0.263 e. The van der Waals surface area contributed by atoms with Crippen LogP contribution in [0.4, 0.5) is 10.2 Å². The zero-order valence-electron chi connectivity index (χ0n) is 11.1. The fourth-order valence-electron chi connectivity index (χ4n) is 1.89. The van der Waals surface area contributed by atoms with Gasteiger partial charge in [0.15, 0.2) is 0 Å². The van der Waals surface area contributed by atoms with Crippen molar-refractivity contribution in [3.05, 3.63) is 41.3 Å². The lowest BCUT2D eigenvalue weighted by atomic mass is 10.2. The number of nitrogens with two attached hydrogens (primary N) is 1. The van der Waals surface area contributed by atoms with Gasteiger partial charge in [-0.25, -0.2) is 12.8 Å². The molecule has 0 unspecified atom stereocenters. The summed E-state index contributed by atoms with van der Waals surface area (Å²) in [5.41, 5.74) is 6.05. The van der Waals surface area contributed by atoms with Gasteiger partial charge in [0.05, 0.1) is 10.6 Å². The standard InChI is InChI=1S/C12H15FN4O2S/c1-8-6-12(17(2)15-8)16-20(18,19)11-5-3-4-10(13)9(11)7-14/h3-6,16H,7,14H2,1-2H3. The lowest BCUT2D eigenvalue weighted by Gasteiger charge is -2.11. The summed E-state index contributed by atoms with van der Waals surface area (Å²) in [6, 6.07) is 5.41. The third-order valence-corrected chi connectivity index (χ3v) is 4.25. The molecule has 1 aromatic heterocycles. The van der Waals surface area contributed by atoms with Gasteiger partial charge in [0.1, 0.15) is 11.6 Å². The first-order chi connectivity index (χ1) is 9.35. The summed E-state index contributed by atoms with van der Waals surface area (Å²) in [6.45, 7) is 1.54. The minimum atomic E-state index is -3.92. The molecule has 0 bridgehead atoms. The normalized spacial score (nSPS) is 11.6. The minimum absolute atomic E-state index is 0.0427. The summed E-state index contributed by atoms with van der Waals surface area (Å²) in [5.74, 6) is -0.341. The monoisotopic (exact) mass is 298 g/mol. The topological polar surface area (TPSA) is 90.0 Å². The van der Waals surface area contributed by atoms with Crippen LogP contribution in [0.5, 0.6) is 0 Å². The first-order valence-electron chi connectivity index (χ1n) is 5.86. The molecule has 0 amide bonds. The number of nitrogens with zero attached hydrogens (tertiary/aromatic N) is 2. The summed E-state index contributed by atoms with van der Waals surface area (Å²) >= 11 is 0. The number of aryl methyl sites for hydroxylation is 2. The summed E-state index contributed by atoms with van der Waals surface area (Å²) in [6.07, 6.45) is 0. The Morgan fingerprint density at radius 1 is 1.45 bits per heavy atom. The Hall–Kier alpha value is -1.93. The molecule has 6 nitrogen and oxygen atoms in total. The molecule has 1 heterocycles. The third-order valence-electron chi connectivity index (χ3n) is 2.81. The van der Waals surface area contributed by atoms with Crippen molar-refractivity contribution in [3.8, 4) is 0 Å². The molecule has 0 atom stereocenters. The van der Waals surface area contributed by atoms with E-state index in [4.69, 9.17) is 5.73 Å². The molecule has 0 aliphatic heterocycles. The van der Waals surface area contributed by atoms with Crippen LogP contribution in [0.25, 0.3) is 0 Å². The third kappa shape index (κ3) is 2.66.